The zero-order chi connectivity index (χ0) is 13.2. The number of hydrogen-bond acceptors (Lipinski definition) is 1. The molecule has 1 N–H and O–H groups in total. The van der Waals surface area contributed by atoms with Gasteiger partial charge in [0, 0.05) is 12.6 Å². The van der Waals surface area contributed by atoms with Gasteiger partial charge in [0.2, 0.25) is 0 Å². The third-order valence-electron chi connectivity index (χ3n) is 3.86. The summed E-state index contributed by atoms with van der Waals surface area (Å²) < 4.78 is 13.1. The van der Waals surface area contributed by atoms with E-state index in [0.29, 0.717) is 11.5 Å². The first-order valence-corrected chi connectivity index (χ1v) is 7.06. The van der Waals surface area contributed by atoms with E-state index in [1.54, 1.807) is 6.07 Å². The number of halogens is 2. The summed E-state index contributed by atoms with van der Waals surface area (Å²) in [4.78, 5) is 0. The van der Waals surface area contributed by atoms with Gasteiger partial charge in [-0.3, -0.25) is 0 Å². The second-order valence-electron chi connectivity index (χ2n) is 5.81. The highest BCUT2D eigenvalue weighted by atomic mass is 35.5. The van der Waals surface area contributed by atoms with Crippen LogP contribution in [0.1, 0.15) is 38.7 Å². The third-order valence-corrected chi connectivity index (χ3v) is 4.15. The normalized spacial score (nSPS) is 17.8. The van der Waals surface area contributed by atoms with Crippen molar-refractivity contribution in [3.8, 4) is 0 Å². The molecule has 100 valence electrons. The van der Waals surface area contributed by atoms with Crippen LogP contribution in [0.5, 0.6) is 0 Å². The molecule has 0 atom stereocenters. The Morgan fingerprint density at radius 2 is 2.11 bits per heavy atom. The predicted molar refractivity (Wildman–Crippen MR) is 74.5 cm³/mol. The molecule has 0 saturated heterocycles. The first-order chi connectivity index (χ1) is 8.51. The molecule has 0 bridgehead atoms. The van der Waals surface area contributed by atoms with Gasteiger partial charge in [-0.05, 0) is 42.4 Å². The maximum Gasteiger partial charge on any atom is 0.141 e. The molecule has 1 aliphatic rings. The second kappa shape index (κ2) is 5.58. The van der Waals surface area contributed by atoms with Crippen molar-refractivity contribution >= 4 is 11.6 Å². The molecule has 18 heavy (non-hydrogen) atoms. The third kappa shape index (κ3) is 3.24. The number of benzene rings is 1. The molecule has 0 amide bonds. The molecule has 1 aromatic rings. The Hall–Kier alpha value is -0.600. The van der Waals surface area contributed by atoms with E-state index in [-0.39, 0.29) is 10.8 Å². The van der Waals surface area contributed by atoms with Gasteiger partial charge < -0.3 is 5.32 Å². The summed E-state index contributed by atoms with van der Waals surface area (Å²) in [5.74, 6) is -0.330. The molecule has 0 aromatic heterocycles. The molecule has 3 heteroatoms. The van der Waals surface area contributed by atoms with Gasteiger partial charge in [0.25, 0.3) is 0 Å². The lowest BCUT2D eigenvalue weighted by atomic mass is 9.65. The lowest BCUT2D eigenvalue weighted by Crippen LogP contribution is -2.43. The summed E-state index contributed by atoms with van der Waals surface area (Å²) in [7, 11) is 0. The molecule has 1 aromatic carbocycles. The Labute approximate surface area is 114 Å². The molecule has 0 unspecified atom stereocenters. The van der Waals surface area contributed by atoms with Crippen LogP contribution in [0.25, 0.3) is 0 Å². The van der Waals surface area contributed by atoms with Gasteiger partial charge >= 0.3 is 0 Å². The van der Waals surface area contributed by atoms with Gasteiger partial charge in [-0.1, -0.05) is 37.9 Å². The molecule has 0 heterocycles. The van der Waals surface area contributed by atoms with Crippen LogP contribution in [0, 0.1) is 11.2 Å². The van der Waals surface area contributed by atoms with Crippen molar-refractivity contribution < 1.29 is 4.39 Å². The van der Waals surface area contributed by atoms with Gasteiger partial charge in [0.1, 0.15) is 5.82 Å². The fourth-order valence-electron chi connectivity index (χ4n) is 2.60. The quantitative estimate of drug-likeness (QED) is 0.845. The van der Waals surface area contributed by atoms with Crippen LogP contribution < -0.4 is 5.32 Å². The van der Waals surface area contributed by atoms with Crippen molar-refractivity contribution in [2.24, 2.45) is 5.41 Å². The largest absolute Gasteiger partial charge is 0.314 e. The van der Waals surface area contributed by atoms with Crippen molar-refractivity contribution in [3.05, 3.63) is 34.6 Å². The summed E-state index contributed by atoms with van der Waals surface area (Å²) in [6.45, 7) is 5.38. The Balaban J connectivity index is 2.03. The summed E-state index contributed by atoms with van der Waals surface area (Å²) in [5.41, 5.74) is 1.50. The fourth-order valence-corrected chi connectivity index (χ4v) is 2.80. The van der Waals surface area contributed by atoms with Gasteiger partial charge in [0.15, 0.2) is 0 Å². The molecule has 1 nitrogen and oxygen atoms in total. The van der Waals surface area contributed by atoms with E-state index in [4.69, 9.17) is 11.6 Å². The molecule has 2 rings (SSSR count). The molecule has 0 spiro atoms. The van der Waals surface area contributed by atoms with Crippen LogP contribution >= 0.6 is 11.6 Å². The van der Waals surface area contributed by atoms with Crippen LogP contribution in [-0.2, 0) is 6.42 Å². The van der Waals surface area contributed by atoms with Gasteiger partial charge in [0.05, 0.1) is 5.02 Å². The molecule has 0 radical (unpaired) electrons. The smallest absolute Gasteiger partial charge is 0.141 e. The van der Waals surface area contributed by atoms with Crippen LogP contribution in [-0.4, -0.2) is 12.6 Å². The lowest BCUT2D eigenvalue weighted by molar-refractivity contribution is 0.126. The topological polar surface area (TPSA) is 12.0 Å². The zero-order valence-corrected chi connectivity index (χ0v) is 11.9. The van der Waals surface area contributed by atoms with Crippen LogP contribution in [0.3, 0.4) is 0 Å². The summed E-state index contributed by atoms with van der Waals surface area (Å²) >= 11 is 5.84. The Bertz CT molecular complexity index is 413. The van der Waals surface area contributed by atoms with Crippen LogP contribution in [0.4, 0.5) is 4.39 Å². The standard InChI is InChI=1S/C15H21ClFN/c1-11(2)18-10-15(6-3-7-15)9-12-4-5-14(17)13(16)8-12/h4-5,8,11,18H,3,6-7,9-10H2,1-2H3. The molecule has 1 aliphatic carbocycles. The monoisotopic (exact) mass is 269 g/mol. The van der Waals surface area contributed by atoms with Crippen LogP contribution in [0.2, 0.25) is 5.02 Å². The first-order valence-electron chi connectivity index (χ1n) is 6.68. The van der Waals surface area contributed by atoms with E-state index in [1.807, 2.05) is 6.07 Å². The van der Waals surface area contributed by atoms with E-state index in [2.05, 4.69) is 19.2 Å². The average molecular weight is 270 g/mol. The highest BCUT2D eigenvalue weighted by Gasteiger charge is 2.36. The Morgan fingerprint density at radius 3 is 2.61 bits per heavy atom. The Kier molecular flexibility index (Phi) is 4.29. The molecular formula is C15H21ClFN. The minimum Gasteiger partial charge on any atom is -0.314 e. The van der Waals surface area contributed by atoms with Crippen molar-refractivity contribution in [2.45, 2.75) is 45.6 Å². The van der Waals surface area contributed by atoms with E-state index in [1.165, 1.54) is 25.3 Å². The van der Waals surface area contributed by atoms with Gasteiger partial charge in [-0.25, -0.2) is 4.39 Å². The summed E-state index contributed by atoms with van der Waals surface area (Å²) in [5, 5.41) is 3.76. The number of nitrogens with one attached hydrogen (secondary N) is 1. The van der Waals surface area contributed by atoms with Crippen molar-refractivity contribution in [3.63, 3.8) is 0 Å². The van der Waals surface area contributed by atoms with Gasteiger partial charge in [-0.15, -0.1) is 0 Å². The zero-order valence-electron chi connectivity index (χ0n) is 11.1. The Morgan fingerprint density at radius 1 is 1.39 bits per heavy atom. The lowest BCUT2D eigenvalue weighted by Gasteiger charge is -2.43. The number of rotatable bonds is 5. The van der Waals surface area contributed by atoms with Crippen molar-refractivity contribution in [1.29, 1.82) is 0 Å². The summed E-state index contributed by atoms with van der Waals surface area (Å²) in [6, 6.07) is 5.61. The van der Waals surface area contributed by atoms with E-state index in [9.17, 15) is 4.39 Å². The molecular weight excluding hydrogens is 249 g/mol. The molecule has 1 saturated carbocycles. The highest BCUT2D eigenvalue weighted by Crippen LogP contribution is 2.43. The highest BCUT2D eigenvalue weighted by molar-refractivity contribution is 6.30. The van der Waals surface area contributed by atoms with Crippen molar-refractivity contribution in [2.75, 3.05) is 6.54 Å². The number of hydrogen-bond donors (Lipinski definition) is 1. The maximum absolute atomic E-state index is 13.1. The molecule has 1 fully saturated rings. The second-order valence-corrected chi connectivity index (χ2v) is 6.22. The van der Waals surface area contributed by atoms with Crippen LogP contribution in [0.15, 0.2) is 18.2 Å². The van der Waals surface area contributed by atoms with E-state index in [0.717, 1.165) is 18.5 Å². The van der Waals surface area contributed by atoms with Crippen molar-refractivity contribution in [1.82, 2.24) is 5.32 Å². The minimum absolute atomic E-state index is 0.235. The fraction of sp³-hybridized carbons (Fsp3) is 0.600. The van der Waals surface area contributed by atoms with Gasteiger partial charge in [-0.2, -0.15) is 0 Å². The maximum atomic E-state index is 13.1. The SMILES string of the molecule is CC(C)NCC1(Cc2ccc(F)c(Cl)c2)CCC1. The minimum atomic E-state index is -0.330. The van der Waals surface area contributed by atoms with E-state index < -0.39 is 0 Å². The summed E-state index contributed by atoms with van der Waals surface area (Å²) in [6.07, 6.45) is 4.80. The predicted octanol–water partition coefficient (Wildman–Crippen LogP) is 4.19. The van der Waals surface area contributed by atoms with E-state index >= 15 is 0 Å². The first kappa shape index (κ1) is 13.8. The molecule has 0 aliphatic heterocycles. The average Bonchev–Trinajstić information content (AvgIpc) is 2.26.